The molecule has 0 aromatic heterocycles. The van der Waals surface area contributed by atoms with E-state index in [1.165, 1.54) is 0 Å². The molecule has 0 spiro atoms. The zero-order valence-corrected chi connectivity index (χ0v) is 13.5. The third kappa shape index (κ3) is 5.43. The van der Waals surface area contributed by atoms with Gasteiger partial charge < -0.3 is 10.5 Å². The molecule has 0 radical (unpaired) electrons. The summed E-state index contributed by atoms with van der Waals surface area (Å²) in [5.74, 6) is -0.360. The number of thiocarbonyl (C=S) groups is 1. The van der Waals surface area contributed by atoms with E-state index in [9.17, 15) is 4.79 Å². The van der Waals surface area contributed by atoms with Crippen molar-refractivity contribution in [3.8, 4) is 0 Å². The second-order valence-electron chi connectivity index (χ2n) is 5.41. The first-order chi connectivity index (χ1) is 8.24. The van der Waals surface area contributed by atoms with Gasteiger partial charge in [-0.2, -0.15) is 0 Å². The van der Waals surface area contributed by atoms with Crippen molar-refractivity contribution >= 4 is 35.5 Å². The van der Waals surface area contributed by atoms with Gasteiger partial charge in [-0.1, -0.05) is 25.2 Å². The number of esters is 1. The highest BCUT2D eigenvalue weighted by Crippen LogP contribution is 2.21. The average Bonchev–Trinajstić information content (AvgIpc) is 2.26. The Morgan fingerprint density at radius 1 is 1.53 bits per heavy atom. The average molecular weight is 304 g/mol. The summed E-state index contributed by atoms with van der Waals surface area (Å²) in [6.07, 6.45) is 5.18. The quantitative estimate of drug-likeness (QED) is 0.643. The van der Waals surface area contributed by atoms with Gasteiger partial charge in [0.2, 0.25) is 0 Å². The van der Waals surface area contributed by atoms with E-state index in [0.29, 0.717) is 16.9 Å². The van der Waals surface area contributed by atoms with Crippen LogP contribution in [-0.2, 0) is 9.53 Å². The van der Waals surface area contributed by atoms with Crippen molar-refractivity contribution in [2.45, 2.75) is 52.2 Å². The van der Waals surface area contributed by atoms with E-state index in [1.54, 1.807) is 6.08 Å². The lowest BCUT2D eigenvalue weighted by atomic mass is 9.94. The van der Waals surface area contributed by atoms with E-state index in [0.717, 1.165) is 12.0 Å². The first-order valence-corrected chi connectivity index (χ1v) is 6.59. The topological polar surface area (TPSA) is 52.3 Å². The van der Waals surface area contributed by atoms with Gasteiger partial charge in [0.15, 0.2) is 0 Å². The Balaban J connectivity index is 0.00000324. The molecule has 2 N–H and O–H groups in total. The summed E-state index contributed by atoms with van der Waals surface area (Å²) in [4.78, 5) is 12.7. The van der Waals surface area contributed by atoms with Gasteiger partial charge in [0, 0.05) is 17.3 Å². The molecule has 0 bridgehead atoms. The number of hydrogen-bond acceptors (Lipinski definition) is 4. The molecule has 1 aliphatic rings. The summed E-state index contributed by atoms with van der Waals surface area (Å²) in [6.45, 7) is 7.53. The molecule has 0 aromatic carbocycles. The van der Waals surface area contributed by atoms with Gasteiger partial charge in [0.05, 0.1) is 5.57 Å². The van der Waals surface area contributed by atoms with Crippen molar-refractivity contribution in [2.75, 3.05) is 0 Å². The van der Waals surface area contributed by atoms with Crippen molar-refractivity contribution in [1.29, 1.82) is 0 Å². The maximum Gasteiger partial charge on any atom is 0.339 e. The van der Waals surface area contributed by atoms with Crippen molar-refractivity contribution < 1.29 is 9.53 Å². The highest BCUT2D eigenvalue weighted by atomic mass is 35.5. The third-order valence-electron chi connectivity index (χ3n) is 2.62. The first-order valence-electron chi connectivity index (χ1n) is 6.18. The molecule has 1 unspecified atom stereocenters. The number of allylic oxidation sites excluding steroid dienone is 1. The maximum atomic E-state index is 12.0. The predicted molar refractivity (Wildman–Crippen MR) is 84.7 cm³/mol. The number of carbonyl (C=O) groups excluding carboxylic acids is 1. The second-order valence-corrected chi connectivity index (χ2v) is 5.90. The zero-order valence-electron chi connectivity index (χ0n) is 11.9. The van der Waals surface area contributed by atoms with Crippen LogP contribution in [0.5, 0.6) is 0 Å². The van der Waals surface area contributed by atoms with E-state index >= 15 is 0 Å². The number of hydrogen-bond donors (Lipinski definition) is 1. The molecule has 0 saturated carbocycles. The molecular formula is C14H22ClNO2S. The van der Waals surface area contributed by atoms with Crippen molar-refractivity contribution in [3.63, 3.8) is 0 Å². The summed E-state index contributed by atoms with van der Waals surface area (Å²) < 4.78 is 5.35. The van der Waals surface area contributed by atoms with Crippen LogP contribution in [0, 0.1) is 0 Å². The van der Waals surface area contributed by atoms with Gasteiger partial charge in [0.25, 0.3) is 0 Å². The fourth-order valence-electron chi connectivity index (χ4n) is 1.63. The fraction of sp³-hybridized carbons (Fsp3) is 0.571. The summed E-state index contributed by atoms with van der Waals surface area (Å²) in [6, 6.07) is -0.0504. The monoisotopic (exact) mass is 303 g/mol. The van der Waals surface area contributed by atoms with Gasteiger partial charge in [-0.15, -0.1) is 12.4 Å². The summed E-state index contributed by atoms with van der Waals surface area (Å²) in [5, 5.41) is 0. The second kappa shape index (κ2) is 7.17. The molecular weight excluding hydrogens is 282 g/mol. The molecule has 5 heteroatoms. The van der Waals surface area contributed by atoms with Gasteiger partial charge >= 0.3 is 5.97 Å². The van der Waals surface area contributed by atoms with Gasteiger partial charge in [-0.05, 0) is 38.8 Å². The van der Waals surface area contributed by atoms with Gasteiger partial charge in [-0.25, -0.2) is 4.79 Å². The number of nitrogens with two attached hydrogens (primary N) is 1. The van der Waals surface area contributed by atoms with Gasteiger partial charge in [0.1, 0.15) is 5.60 Å². The first kappa shape index (κ1) is 18.3. The minimum atomic E-state index is -0.512. The van der Waals surface area contributed by atoms with E-state index in [1.807, 2.05) is 33.8 Å². The zero-order chi connectivity index (χ0) is 13.9. The van der Waals surface area contributed by atoms with Crippen LogP contribution in [0.15, 0.2) is 23.3 Å². The number of ether oxygens (including phenoxy) is 1. The summed E-state index contributed by atoms with van der Waals surface area (Å²) >= 11 is 5.21. The molecule has 1 rings (SSSR count). The number of rotatable bonds is 3. The van der Waals surface area contributed by atoms with E-state index in [2.05, 4.69) is 0 Å². The maximum absolute atomic E-state index is 12.0. The lowest BCUT2D eigenvalue weighted by Crippen LogP contribution is -2.29. The van der Waals surface area contributed by atoms with E-state index < -0.39 is 5.60 Å². The molecule has 0 aliphatic heterocycles. The minimum absolute atomic E-state index is 0. The molecule has 0 aromatic rings. The van der Waals surface area contributed by atoms with Crippen LogP contribution < -0.4 is 5.73 Å². The Morgan fingerprint density at radius 2 is 2.11 bits per heavy atom. The summed E-state index contributed by atoms with van der Waals surface area (Å²) in [5.41, 5.74) is 6.90. The van der Waals surface area contributed by atoms with Crippen LogP contribution in [0.25, 0.3) is 0 Å². The molecule has 19 heavy (non-hydrogen) atoms. The molecule has 0 amide bonds. The normalized spacial score (nSPS) is 17.0. The highest BCUT2D eigenvalue weighted by Gasteiger charge is 2.25. The Morgan fingerprint density at radius 3 is 2.58 bits per heavy atom. The third-order valence-corrected chi connectivity index (χ3v) is 3.01. The number of halogens is 1. The lowest BCUT2D eigenvalue weighted by molar-refractivity contribution is -0.149. The fourth-order valence-corrected chi connectivity index (χ4v) is 1.85. The van der Waals surface area contributed by atoms with Crippen LogP contribution in [0.4, 0.5) is 0 Å². The largest absolute Gasteiger partial charge is 0.456 e. The van der Waals surface area contributed by atoms with Crippen LogP contribution in [-0.4, -0.2) is 22.5 Å². The lowest BCUT2D eigenvalue weighted by Gasteiger charge is -2.23. The molecule has 0 heterocycles. The van der Waals surface area contributed by atoms with Crippen LogP contribution in [0.1, 0.15) is 40.5 Å². The number of carbonyl (C=O) groups is 1. The van der Waals surface area contributed by atoms with E-state index in [4.69, 9.17) is 22.7 Å². The van der Waals surface area contributed by atoms with Crippen molar-refractivity contribution in [3.05, 3.63) is 23.3 Å². The van der Waals surface area contributed by atoms with Crippen LogP contribution >= 0.6 is 24.6 Å². The Kier molecular flexibility index (Phi) is 6.91. The van der Waals surface area contributed by atoms with Crippen LogP contribution in [0.2, 0.25) is 0 Å². The SMILES string of the molecule is CCC(N)C1=CCC(=S)C(C(=O)OC(C)(C)C)=C1.Cl. The molecule has 108 valence electrons. The highest BCUT2D eigenvalue weighted by molar-refractivity contribution is 7.81. The molecule has 0 fully saturated rings. The van der Waals surface area contributed by atoms with E-state index in [-0.39, 0.29) is 24.4 Å². The predicted octanol–water partition coefficient (Wildman–Crippen LogP) is 3.11. The van der Waals surface area contributed by atoms with Crippen LogP contribution in [0.3, 0.4) is 0 Å². The smallest absolute Gasteiger partial charge is 0.339 e. The Labute approximate surface area is 126 Å². The molecule has 1 aliphatic carbocycles. The molecule has 3 nitrogen and oxygen atoms in total. The Bertz CT molecular complexity index is 422. The Hall–Kier alpha value is -0.710. The molecule has 0 saturated heterocycles. The summed E-state index contributed by atoms with van der Waals surface area (Å²) in [7, 11) is 0. The molecule has 1 atom stereocenters. The van der Waals surface area contributed by atoms with Crippen molar-refractivity contribution in [2.24, 2.45) is 5.73 Å². The standard InChI is InChI=1S/C14H21NO2S.ClH/c1-5-11(15)9-6-7-12(18)10(8-9)13(16)17-14(2,3)4;/h6,8,11H,5,7,15H2,1-4H3;1H. The van der Waals surface area contributed by atoms with Crippen molar-refractivity contribution in [1.82, 2.24) is 0 Å². The van der Waals surface area contributed by atoms with Gasteiger partial charge in [-0.3, -0.25) is 0 Å². The minimum Gasteiger partial charge on any atom is -0.456 e.